The van der Waals surface area contributed by atoms with E-state index in [0.717, 1.165) is 11.8 Å². The maximum atomic E-state index is 13.5. The molecule has 0 saturated carbocycles. The van der Waals surface area contributed by atoms with E-state index in [-0.39, 0.29) is 22.6 Å². The molecule has 1 aromatic carbocycles. The van der Waals surface area contributed by atoms with Crippen LogP contribution in [0.25, 0.3) is 0 Å². The summed E-state index contributed by atoms with van der Waals surface area (Å²) in [5, 5.41) is 0. The number of carbonyl (C=O) groups excluding carboxylic acids is 1. The molecule has 0 heterocycles. The van der Waals surface area contributed by atoms with Crippen molar-refractivity contribution < 1.29 is 23.4 Å². The lowest BCUT2D eigenvalue weighted by Gasteiger charge is -2.24. The molecule has 0 radical (unpaired) electrons. The topological polar surface area (TPSA) is 44.8 Å². The first-order valence-corrected chi connectivity index (χ1v) is 10.0. The van der Waals surface area contributed by atoms with Crippen molar-refractivity contribution in [3.8, 4) is 5.75 Å². The molecule has 4 nitrogen and oxygen atoms in total. The minimum absolute atomic E-state index is 0.0411. The van der Waals surface area contributed by atoms with Gasteiger partial charge in [0.15, 0.2) is 6.79 Å². The lowest BCUT2D eigenvalue weighted by Crippen LogP contribution is -2.12. The van der Waals surface area contributed by atoms with Crippen LogP contribution in [0, 0.1) is 5.82 Å². The molecule has 1 rings (SSSR count). The molecule has 21 heavy (non-hydrogen) atoms. The van der Waals surface area contributed by atoms with E-state index in [1.54, 1.807) is 0 Å². The molecule has 0 fully saturated rings. The number of ether oxygens (including phenoxy) is 3. The van der Waals surface area contributed by atoms with E-state index < -0.39 is 21.8 Å². The smallest absolute Gasteiger partial charge is 0.341 e. The highest BCUT2D eigenvalue weighted by Gasteiger charge is 2.17. The van der Waals surface area contributed by atoms with Crippen molar-refractivity contribution in [1.29, 1.82) is 0 Å². The van der Waals surface area contributed by atoms with Gasteiger partial charge in [-0.25, -0.2) is 19.2 Å². The van der Waals surface area contributed by atoms with Crippen molar-refractivity contribution in [1.82, 2.24) is 0 Å². The van der Waals surface area contributed by atoms with E-state index in [2.05, 4.69) is 39.4 Å². The number of rotatable bonds is 7. The summed E-state index contributed by atoms with van der Waals surface area (Å²) in [6.07, 6.45) is 6.57. The number of hydrogen-bond donors (Lipinski definition) is 0. The maximum Gasteiger partial charge on any atom is 0.341 e. The second-order valence-corrected chi connectivity index (χ2v) is 10.7. The van der Waals surface area contributed by atoms with Crippen LogP contribution in [0.5, 0.6) is 5.75 Å². The average Bonchev–Trinajstić information content (AvgIpc) is 2.39. The third kappa shape index (κ3) is 6.23. The molecule has 1 aromatic rings. The summed E-state index contributed by atoms with van der Waals surface area (Å²) in [4.78, 5) is 11.6. The molecule has 0 bridgehead atoms. The quantitative estimate of drug-likeness (QED) is 0.411. The molecule has 0 aromatic heterocycles. The van der Waals surface area contributed by atoms with E-state index in [0.29, 0.717) is 6.61 Å². The number of benzene rings is 1. The van der Waals surface area contributed by atoms with E-state index in [4.69, 9.17) is 9.47 Å². The molecular weight excluding hydrogens is 363 g/mol. The molecule has 0 atom stereocenters. The van der Waals surface area contributed by atoms with Gasteiger partial charge in [0.1, 0.15) is 17.1 Å². The fourth-order valence-electron chi connectivity index (χ4n) is 1.39. The van der Waals surface area contributed by atoms with Gasteiger partial charge in [0.25, 0.3) is 0 Å². The standard InChI is InChI=1S/C14H20BrFO4S/c1-18-14(17)10-7-11(15)12(16)8-13(10)20-9-19-5-6-21(2,3)4/h7-8H,5-6,9H2,1-4H3. The van der Waals surface area contributed by atoms with Crippen molar-refractivity contribution in [2.24, 2.45) is 0 Å². The Morgan fingerprint density at radius 3 is 2.57 bits per heavy atom. The lowest BCUT2D eigenvalue weighted by atomic mass is 10.2. The predicted molar refractivity (Wildman–Crippen MR) is 87.1 cm³/mol. The molecule has 0 N–H and O–H groups in total. The van der Waals surface area contributed by atoms with Crippen LogP contribution in [0.15, 0.2) is 16.6 Å². The summed E-state index contributed by atoms with van der Waals surface area (Å²) in [5.41, 5.74) is 0.149. The molecule has 0 aliphatic rings. The first-order valence-electron chi connectivity index (χ1n) is 6.18. The van der Waals surface area contributed by atoms with Crippen molar-refractivity contribution in [3.05, 3.63) is 28.0 Å². The number of hydrogen-bond acceptors (Lipinski definition) is 4. The highest BCUT2D eigenvalue weighted by molar-refractivity contribution is 9.10. The first-order chi connectivity index (χ1) is 9.74. The molecule has 0 unspecified atom stereocenters. The zero-order valence-electron chi connectivity index (χ0n) is 12.6. The van der Waals surface area contributed by atoms with Crippen LogP contribution in [0.3, 0.4) is 0 Å². The van der Waals surface area contributed by atoms with Crippen molar-refractivity contribution in [2.75, 3.05) is 45.0 Å². The zero-order valence-corrected chi connectivity index (χ0v) is 15.0. The van der Waals surface area contributed by atoms with Gasteiger partial charge in [-0.2, -0.15) is 0 Å². The summed E-state index contributed by atoms with van der Waals surface area (Å²) in [5.74, 6) is -0.0539. The monoisotopic (exact) mass is 382 g/mol. The first kappa shape index (κ1) is 18.3. The van der Waals surface area contributed by atoms with Crippen molar-refractivity contribution in [3.63, 3.8) is 0 Å². The Morgan fingerprint density at radius 2 is 2.00 bits per heavy atom. The van der Waals surface area contributed by atoms with Gasteiger partial charge >= 0.3 is 5.97 Å². The Balaban J connectivity index is 2.65. The number of methoxy groups -OCH3 is 1. The third-order valence-electron chi connectivity index (χ3n) is 2.57. The van der Waals surface area contributed by atoms with Crippen LogP contribution in [-0.4, -0.2) is 51.0 Å². The summed E-state index contributed by atoms with van der Waals surface area (Å²) >= 11 is 3.03. The molecule has 0 spiro atoms. The Morgan fingerprint density at radius 1 is 1.33 bits per heavy atom. The van der Waals surface area contributed by atoms with Gasteiger partial charge in [-0.15, -0.1) is 0 Å². The van der Waals surface area contributed by atoms with Crippen molar-refractivity contribution in [2.45, 2.75) is 0 Å². The van der Waals surface area contributed by atoms with Gasteiger partial charge < -0.3 is 14.2 Å². The second-order valence-electron chi connectivity index (χ2n) is 5.22. The van der Waals surface area contributed by atoms with Crippen molar-refractivity contribution >= 4 is 31.9 Å². The molecule has 0 amide bonds. The number of halogens is 2. The van der Waals surface area contributed by atoms with Gasteiger partial charge in [-0.1, -0.05) is 0 Å². The van der Waals surface area contributed by atoms with Gasteiger partial charge in [0.2, 0.25) is 0 Å². The van der Waals surface area contributed by atoms with E-state index in [1.165, 1.54) is 13.2 Å². The van der Waals surface area contributed by atoms with Crippen LogP contribution in [0.4, 0.5) is 4.39 Å². The van der Waals surface area contributed by atoms with Gasteiger partial charge in [0, 0.05) is 11.8 Å². The van der Waals surface area contributed by atoms with Crippen LogP contribution in [-0.2, 0) is 9.47 Å². The highest BCUT2D eigenvalue weighted by Crippen LogP contribution is 2.33. The van der Waals surface area contributed by atoms with E-state index in [1.807, 2.05) is 0 Å². The maximum absolute atomic E-state index is 13.5. The normalized spacial score (nSPS) is 12.1. The molecular formula is C14H20BrFO4S. The number of carbonyl (C=O) groups is 1. The van der Waals surface area contributed by atoms with Crippen LogP contribution < -0.4 is 4.74 Å². The highest BCUT2D eigenvalue weighted by atomic mass is 79.9. The molecule has 0 saturated heterocycles. The summed E-state index contributed by atoms with van der Waals surface area (Å²) in [6.45, 7) is 0.520. The predicted octanol–water partition coefficient (Wildman–Crippen LogP) is 3.42. The Labute approximate surface area is 134 Å². The van der Waals surface area contributed by atoms with Gasteiger partial charge in [-0.3, -0.25) is 0 Å². The summed E-state index contributed by atoms with van der Waals surface area (Å²) in [6, 6.07) is 2.46. The second kappa shape index (κ2) is 8.00. The fraction of sp³-hybridized carbons (Fsp3) is 0.500. The summed E-state index contributed by atoms with van der Waals surface area (Å²) in [7, 11) is 0.628. The molecule has 0 aliphatic heterocycles. The number of esters is 1. The largest absolute Gasteiger partial charge is 0.467 e. The summed E-state index contributed by atoms with van der Waals surface area (Å²) < 4.78 is 29.1. The Hall–Kier alpha value is -0.790. The SMILES string of the molecule is COC(=O)c1cc(Br)c(F)cc1OCOCCS(C)(C)C. The van der Waals surface area contributed by atoms with Gasteiger partial charge in [0.05, 0.1) is 18.2 Å². The molecule has 0 aliphatic carbocycles. The van der Waals surface area contributed by atoms with E-state index >= 15 is 0 Å². The fourth-order valence-corrected chi connectivity index (χ4v) is 2.35. The van der Waals surface area contributed by atoms with Gasteiger partial charge in [-0.05, 0) is 40.8 Å². The van der Waals surface area contributed by atoms with Crippen LogP contribution in [0.1, 0.15) is 10.4 Å². The minimum Gasteiger partial charge on any atom is -0.467 e. The van der Waals surface area contributed by atoms with Crippen LogP contribution in [0.2, 0.25) is 0 Å². The minimum atomic E-state index is -0.628. The average molecular weight is 383 g/mol. The Kier molecular flexibility index (Phi) is 6.96. The molecule has 120 valence electrons. The lowest BCUT2D eigenvalue weighted by molar-refractivity contribution is 0.0220. The molecule has 7 heteroatoms. The Bertz CT molecular complexity index is 502. The van der Waals surface area contributed by atoms with Crippen LogP contribution >= 0.6 is 26.0 Å². The zero-order chi connectivity index (χ0) is 16.0. The third-order valence-corrected chi connectivity index (χ3v) is 4.56. The van der Waals surface area contributed by atoms with E-state index in [9.17, 15) is 9.18 Å².